The zero-order valence-corrected chi connectivity index (χ0v) is 12.9. The van der Waals surface area contributed by atoms with Crippen LogP contribution in [-0.4, -0.2) is 29.6 Å². The second-order valence-electron chi connectivity index (χ2n) is 4.41. The molecule has 1 amide bonds. The average molecular weight is 338 g/mol. The predicted octanol–water partition coefficient (Wildman–Crippen LogP) is 2.66. The zero-order valence-electron chi connectivity index (χ0n) is 11.3. The maximum absolute atomic E-state index is 11.5. The van der Waals surface area contributed by atoms with Crippen molar-refractivity contribution < 1.29 is 9.53 Å². The molecule has 1 heterocycles. The van der Waals surface area contributed by atoms with Gasteiger partial charge in [-0.25, -0.2) is 4.98 Å². The Morgan fingerprint density at radius 1 is 1.45 bits per heavy atom. The molecule has 106 valence electrons. The van der Waals surface area contributed by atoms with E-state index in [4.69, 9.17) is 4.74 Å². The van der Waals surface area contributed by atoms with Gasteiger partial charge in [-0.05, 0) is 24.6 Å². The topological polar surface area (TPSA) is 67.0 Å². The van der Waals surface area contributed by atoms with Crippen LogP contribution in [-0.2, 0) is 9.53 Å². The summed E-state index contributed by atoms with van der Waals surface area (Å²) < 4.78 is 5.81. The Kier molecular flexibility index (Phi) is 4.92. The number of nitrogens with zero attached hydrogens (tertiary/aromatic N) is 1. The molecular weight excluding hydrogens is 322 g/mol. The van der Waals surface area contributed by atoms with Gasteiger partial charge in [0.15, 0.2) is 0 Å². The summed E-state index contributed by atoms with van der Waals surface area (Å²) in [5, 5.41) is 2.81. The van der Waals surface area contributed by atoms with E-state index in [1.54, 1.807) is 6.20 Å². The molecule has 1 atom stereocenters. The van der Waals surface area contributed by atoms with Crippen LogP contribution in [0.15, 0.2) is 34.9 Å². The van der Waals surface area contributed by atoms with Gasteiger partial charge in [0.05, 0.1) is 17.9 Å². The summed E-state index contributed by atoms with van der Waals surface area (Å²) in [6.45, 7) is 1.92. The maximum Gasteiger partial charge on any atom is 0.246 e. The fraction of sp³-hybridized carbons (Fsp3) is 0.286. The van der Waals surface area contributed by atoms with Crippen molar-refractivity contribution in [3.8, 4) is 11.3 Å². The van der Waals surface area contributed by atoms with Crippen molar-refractivity contribution in [3.63, 3.8) is 0 Å². The molecule has 0 saturated heterocycles. The van der Waals surface area contributed by atoms with Crippen LogP contribution < -0.4 is 5.32 Å². The second-order valence-corrected chi connectivity index (χ2v) is 5.33. The van der Waals surface area contributed by atoms with E-state index in [0.29, 0.717) is 5.82 Å². The molecular formula is C14H16BrN3O2. The third-order valence-electron chi connectivity index (χ3n) is 2.81. The number of hydrogen-bond donors (Lipinski definition) is 2. The quantitative estimate of drug-likeness (QED) is 0.881. The summed E-state index contributed by atoms with van der Waals surface area (Å²) in [5.74, 6) is 0.550. The number of carbonyl (C=O) groups excluding carboxylic acids is 1. The normalized spacial score (nSPS) is 12.2. The number of imidazole rings is 1. The summed E-state index contributed by atoms with van der Waals surface area (Å²) in [7, 11) is 1.49. The molecule has 20 heavy (non-hydrogen) atoms. The number of carbonyl (C=O) groups is 1. The highest BCUT2D eigenvalue weighted by molar-refractivity contribution is 9.10. The van der Waals surface area contributed by atoms with Gasteiger partial charge in [-0.3, -0.25) is 4.79 Å². The Morgan fingerprint density at radius 3 is 2.80 bits per heavy atom. The molecule has 5 nitrogen and oxygen atoms in total. The van der Waals surface area contributed by atoms with Gasteiger partial charge < -0.3 is 15.0 Å². The van der Waals surface area contributed by atoms with E-state index in [1.807, 2.05) is 31.2 Å². The molecule has 0 saturated carbocycles. The molecule has 1 aromatic carbocycles. The number of aromatic amines is 1. The van der Waals surface area contributed by atoms with Gasteiger partial charge in [-0.1, -0.05) is 28.1 Å². The first-order valence-electron chi connectivity index (χ1n) is 6.19. The molecule has 2 rings (SSSR count). The number of ether oxygens (including phenoxy) is 1. The molecule has 0 aliphatic carbocycles. The molecule has 1 unspecified atom stereocenters. The average Bonchev–Trinajstić information content (AvgIpc) is 2.89. The number of amides is 1. The largest absolute Gasteiger partial charge is 0.375 e. The Hall–Kier alpha value is -1.66. The van der Waals surface area contributed by atoms with Crippen molar-refractivity contribution in [2.75, 3.05) is 13.7 Å². The third-order valence-corrected chi connectivity index (χ3v) is 3.34. The lowest BCUT2D eigenvalue weighted by Crippen LogP contribution is -2.30. The number of methoxy groups -OCH3 is 1. The van der Waals surface area contributed by atoms with E-state index in [9.17, 15) is 4.79 Å². The third kappa shape index (κ3) is 3.68. The van der Waals surface area contributed by atoms with Crippen molar-refractivity contribution in [3.05, 3.63) is 40.8 Å². The second kappa shape index (κ2) is 6.67. The van der Waals surface area contributed by atoms with Crippen molar-refractivity contribution in [2.24, 2.45) is 0 Å². The Balaban J connectivity index is 2.08. The van der Waals surface area contributed by atoms with E-state index in [-0.39, 0.29) is 18.6 Å². The van der Waals surface area contributed by atoms with Crippen LogP contribution in [0.1, 0.15) is 18.8 Å². The van der Waals surface area contributed by atoms with Crippen LogP contribution in [0.2, 0.25) is 0 Å². The van der Waals surface area contributed by atoms with Crippen molar-refractivity contribution in [1.82, 2.24) is 15.3 Å². The highest BCUT2D eigenvalue weighted by Crippen LogP contribution is 2.21. The van der Waals surface area contributed by atoms with Crippen LogP contribution in [0.4, 0.5) is 0 Å². The lowest BCUT2D eigenvalue weighted by Gasteiger charge is -2.10. The molecule has 0 aliphatic heterocycles. The lowest BCUT2D eigenvalue weighted by atomic mass is 10.2. The molecule has 0 bridgehead atoms. The SMILES string of the molecule is COCC(=O)NC(C)c1ncc(-c2ccc(Br)cc2)[nH]1. The number of hydrogen-bond acceptors (Lipinski definition) is 3. The summed E-state index contributed by atoms with van der Waals surface area (Å²) in [5.41, 5.74) is 1.96. The van der Waals surface area contributed by atoms with E-state index >= 15 is 0 Å². The van der Waals surface area contributed by atoms with Gasteiger partial charge >= 0.3 is 0 Å². The fourth-order valence-electron chi connectivity index (χ4n) is 1.82. The number of H-pyrrole nitrogens is 1. The smallest absolute Gasteiger partial charge is 0.246 e. The van der Waals surface area contributed by atoms with Crippen molar-refractivity contribution >= 4 is 21.8 Å². The summed E-state index contributed by atoms with van der Waals surface area (Å²) >= 11 is 3.40. The van der Waals surface area contributed by atoms with E-state index in [0.717, 1.165) is 15.7 Å². The Labute approximate surface area is 125 Å². The standard InChI is InChI=1S/C14H16BrN3O2/c1-9(17-13(19)8-20-2)14-16-7-12(18-14)10-3-5-11(15)6-4-10/h3-7,9H,8H2,1-2H3,(H,16,18)(H,17,19). The number of benzene rings is 1. The molecule has 0 spiro atoms. The van der Waals surface area contributed by atoms with Gasteiger partial charge in [0.2, 0.25) is 5.91 Å². The maximum atomic E-state index is 11.5. The number of halogens is 1. The minimum Gasteiger partial charge on any atom is -0.375 e. The molecule has 0 fully saturated rings. The highest BCUT2D eigenvalue weighted by Gasteiger charge is 2.13. The lowest BCUT2D eigenvalue weighted by molar-refractivity contribution is -0.125. The predicted molar refractivity (Wildman–Crippen MR) is 80.2 cm³/mol. The van der Waals surface area contributed by atoms with Crippen LogP contribution in [0.3, 0.4) is 0 Å². The molecule has 6 heteroatoms. The number of aromatic nitrogens is 2. The summed E-state index contributed by atoms with van der Waals surface area (Å²) in [6, 6.07) is 7.74. The minimum atomic E-state index is -0.193. The zero-order chi connectivity index (χ0) is 14.5. The van der Waals surface area contributed by atoms with Crippen molar-refractivity contribution in [2.45, 2.75) is 13.0 Å². The van der Waals surface area contributed by atoms with Crippen LogP contribution in [0.25, 0.3) is 11.3 Å². The highest BCUT2D eigenvalue weighted by atomic mass is 79.9. The van der Waals surface area contributed by atoms with Crippen molar-refractivity contribution in [1.29, 1.82) is 0 Å². The van der Waals surface area contributed by atoms with Gasteiger partial charge in [-0.2, -0.15) is 0 Å². The minimum absolute atomic E-state index is 0.0462. The van der Waals surface area contributed by atoms with Gasteiger partial charge in [0.1, 0.15) is 12.4 Å². The molecule has 0 radical (unpaired) electrons. The fourth-order valence-corrected chi connectivity index (χ4v) is 2.08. The first kappa shape index (κ1) is 14.7. The first-order valence-corrected chi connectivity index (χ1v) is 6.98. The first-order chi connectivity index (χ1) is 9.60. The molecule has 2 aromatic rings. The van der Waals surface area contributed by atoms with Gasteiger partial charge in [-0.15, -0.1) is 0 Å². The van der Waals surface area contributed by atoms with E-state index < -0.39 is 0 Å². The van der Waals surface area contributed by atoms with E-state index in [1.165, 1.54) is 7.11 Å². The monoisotopic (exact) mass is 337 g/mol. The van der Waals surface area contributed by atoms with Gasteiger partial charge in [0, 0.05) is 11.6 Å². The molecule has 1 aromatic heterocycles. The van der Waals surface area contributed by atoms with E-state index in [2.05, 4.69) is 31.2 Å². The van der Waals surface area contributed by atoms with Crippen LogP contribution >= 0.6 is 15.9 Å². The summed E-state index contributed by atoms with van der Waals surface area (Å²) in [6.07, 6.45) is 1.76. The Bertz CT molecular complexity index is 580. The van der Waals surface area contributed by atoms with Crippen LogP contribution in [0.5, 0.6) is 0 Å². The number of nitrogens with one attached hydrogen (secondary N) is 2. The van der Waals surface area contributed by atoms with Gasteiger partial charge in [0.25, 0.3) is 0 Å². The molecule has 0 aliphatic rings. The Morgan fingerprint density at radius 2 is 2.15 bits per heavy atom. The summed E-state index contributed by atoms with van der Waals surface area (Å²) in [4.78, 5) is 19.0. The van der Waals surface area contributed by atoms with Crippen LogP contribution in [0, 0.1) is 0 Å². The molecule has 2 N–H and O–H groups in total. The number of rotatable bonds is 5.